The first-order valence-corrected chi connectivity index (χ1v) is 6.26. The average molecular weight is 210 g/mol. The maximum absolute atomic E-state index is 6.49. The highest BCUT2D eigenvalue weighted by Crippen LogP contribution is 2.43. The average Bonchev–Trinajstić information content (AvgIpc) is 2.48. The van der Waals surface area contributed by atoms with Crippen molar-refractivity contribution in [1.29, 1.82) is 0 Å². The molecule has 1 heterocycles. The van der Waals surface area contributed by atoms with Crippen molar-refractivity contribution in [3.63, 3.8) is 0 Å². The molecular formula is C11H18N2S. The van der Waals surface area contributed by atoms with Crippen LogP contribution in [0.1, 0.15) is 43.3 Å². The van der Waals surface area contributed by atoms with Gasteiger partial charge in [0.05, 0.1) is 5.54 Å². The molecule has 1 unspecified atom stereocenters. The fraction of sp³-hybridized carbons (Fsp3) is 0.727. The van der Waals surface area contributed by atoms with E-state index in [1.54, 1.807) is 11.3 Å². The highest BCUT2D eigenvalue weighted by Gasteiger charge is 2.40. The zero-order chi connectivity index (χ0) is 10.2. The zero-order valence-electron chi connectivity index (χ0n) is 8.92. The number of hydrogen-bond acceptors (Lipinski definition) is 3. The van der Waals surface area contributed by atoms with Gasteiger partial charge in [0.15, 0.2) is 0 Å². The van der Waals surface area contributed by atoms with Crippen LogP contribution in [0, 0.1) is 12.8 Å². The summed E-state index contributed by atoms with van der Waals surface area (Å²) in [6, 6.07) is 0. The lowest BCUT2D eigenvalue weighted by molar-refractivity contribution is 0.160. The molecule has 0 spiro atoms. The van der Waals surface area contributed by atoms with Gasteiger partial charge in [0.2, 0.25) is 0 Å². The lowest BCUT2D eigenvalue weighted by atomic mass is 9.70. The van der Waals surface area contributed by atoms with E-state index in [4.69, 9.17) is 5.73 Å². The van der Waals surface area contributed by atoms with Gasteiger partial charge in [-0.1, -0.05) is 13.3 Å². The molecule has 1 aliphatic rings. The van der Waals surface area contributed by atoms with Gasteiger partial charge in [0.1, 0.15) is 5.01 Å². The molecule has 1 atom stereocenters. The number of nitrogens with zero attached hydrogens (tertiary/aromatic N) is 1. The Labute approximate surface area is 89.5 Å². The number of nitrogens with two attached hydrogens (primary N) is 1. The molecule has 1 fully saturated rings. The van der Waals surface area contributed by atoms with E-state index < -0.39 is 0 Å². The van der Waals surface area contributed by atoms with Gasteiger partial charge in [-0.15, -0.1) is 11.3 Å². The Hall–Kier alpha value is -0.410. The highest BCUT2D eigenvalue weighted by molar-refractivity contribution is 7.09. The third-order valence-corrected chi connectivity index (χ3v) is 4.59. The highest BCUT2D eigenvalue weighted by atomic mass is 32.1. The van der Waals surface area contributed by atoms with Crippen LogP contribution in [0.15, 0.2) is 5.38 Å². The first-order valence-electron chi connectivity index (χ1n) is 5.38. The fourth-order valence-corrected chi connectivity index (χ4v) is 3.17. The molecule has 0 bridgehead atoms. The molecule has 0 aromatic carbocycles. The quantitative estimate of drug-likeness (QED) is 0.833. The van der Waals surface area contributed by atoms with E-state index in [0.717, 1.165) is 17.1 Å². The largest absolute Gasteiger partial charge is 0.319 e. The van der Waals surface area contributed by atoms with Crippen LogP contribution in [0.5, 0.6) is 0 Å². The summed E-state index contributed by atoms with van der Waals surface area (Å²) in [5.74, 6) is 0.665. The van der Waals surface area contributed by atoms with Crippen molar-refractivity contribution in [3.8, 4) is 0 Å². The molecule has 1 aliphatic carbocycles. The topological polar surface area (TPSA) is 38.9 Å². The molecule has 2 rings (SSSR count). The van der Waals surface area contributed by atoms with Crippen molar-refractivity contribution in [2.75, 3.05) is 0 Å². The van der Waals surface area contributed by atoms with Crippen LogP contribution < -0.4 is 5.73 Å². The van der Waals surface area contributed by atoms with Gasteiger partial charge in [-0.2, -0.15) is 0 Å². The van der Waals surface area contributed by atoms with Gasteiger partial charge in [-0.25, -0.2) is 4.98 Å². The van der Waals surface area contributed by atoms with E-state index in [0.29, 0.717) is 5.92 Å². The van der Waals surface area contributed by atoms with Crippen LogP contribution in [0.25, 0.3) is 0 Å². The van der Waals surface area contributed by atoms with E-state index >= 15 is 0 Å². The Morgan fingerprint density at radius 3 is 2.71 bits per heavy atom. The maximum atomic E-state index is 6.49. The molecule has 0 aliphatic heterocycles. The van der Waals surface area contributed by atoms with Crippen molar-refractivity contribution in [2.45, 2.75) is 45.1 Å². The molecule has 14 heavy (non-hydrogen) atoms. The van der Waals surface area contributed by atoms with E-state index in [1.165, 1.54) is 19.3 Å². The van der Waals surface area contributed by atoms with E-state index in [9.17, 15) is 0 Å². The molecule has 1 saturated carbocycles. The number of thiazole rings is 1. The molecule has 0 saturated heterocycles. The lowest BCUT2D eigenvalue weighted by Gasteiger charge is -2.40. The lowest BCUT2D eigenvalue weighted by Crippen LogP contribution is -2.46. The SMILES string of the molecule is CCC(N)(c1nc(C)cs1)C1CCC1. The molecule has 2 nitrogen and oxygen atoms in total. The van der Waals surface area contributed by atoms with Crippen LogP contribution in [0.3, 0.4) is 0 Å². The van der Waals surface area contributed by atoms with Crippen LogP contribution in [0.2, 0.25) is 0 Å². The number of aryl methyl sites for hydroxylation is 1. The van der Waals surface area contributed by atoms with Crippen LogP contribution >= 0.6 is 11.3 Å². The number of aromatic nitrogens is 1. The van der Waals surface area contributed by atoms with Gasteiger partial charge >= 0.3 is 0 Å². The van der Waals surface area contributed by atoms with Gasteiger partial charge in [-0.3, -0.25) is 0 Å². The van der Waals surface area contributed by atoms with E-state index in [2.05, 4.69) is 17.3 Å². The summed E-state index contributed by atoms with van der Waals surface area (Å²) in [6.07, 6.45) is 4.91. The standard InChI is InChI=1S/C11H18N2S/c1-3-11(12,9-5-4-6-9)10-13-8(2)7-14-10/h7,9H,3-6,12H2,1-2H3. The Bertz CT molecular complexity index is 317. The Morgan fingerprint density at radius 2 is 2.36 bits per heavy atom. The second-order valence-corrected chi connectivity index (χ2v) is 5.17. The molecular weight excluding hydrogens is 192 g/mol. The van der Waals surface area contributed by atoms with Gasteiger partial charge in [0.25, 0.3) is 0 Å². The molecule has 1 aromatic rings. The third-order valence-electron chi connectivity index (χ3n) is 3.44. The van der Waals surface area contributed by atoms with Crippen LogP contribution in [0.4, 0.5) is 0 Å². The van der Waals surface area contributed by atoms with Crippen molar-refractivity contribution >= 4 is 11.3 Å². The predicted molar refractivity (Wildman–Crippen MR) is 60.3 cm³/mol. The van der Waals surface area contributed by atoms with Crippen molar-refractivity contribution in [1.82, 2.24) is 4.98 Å². The van der Waals surface area contributed by atoms with Crippen LogP contribution in [-0.2, 0) is 5.54 Å². The summed E-state index contributed by atoms with van der Waals surface area (Å²) in [5.41, 5.74) is 7.45. The second kappa shape index (κ2) is 3.63. The summed E-state index contributed by atoms with van der Waals surface area (Å²) in [6.45, 7) is 4.21. The van der Waals surface area contributed by atoms with E-state index in [-0.39, 0.29) is 5.54 Å². The van der Waals surface area contributed by atoms with Gasteiger partial charge in [0, 0.05) is 11.1 Å². The predicted octanol–water partition coefficient (Wildman–Crippen LogP) is 2.82. The van der Waals surface area contributed by atoms with E-state index in [1.807, 2.05) is 6.92 Å². The minimum Gasteiger partial charge on any atom is -0.319 e. The van der Waals surface area contributed by atoms with Gasteiger partial charge < -0.3 is 5.73 Å². The number of hydrogen-bond donors (Lipinski definition) is 1. The Balaban J connectivity index is 2.26. The normalized spacial score (nSPS) is 21.6. The number of rotatable bonds is 3. The Kier molecular flexibility index (Phi) is 2.62. The van der Waals surface area contributed by atoms with Crippen LogP contribution in [-0.4, -0.2) is 4.98 Å². The Morgan fingerprint density at radius 1 is 1.64 bits per heavy atom. The smallest absolute Gasteiger partial charge is 0.113 e. The fourth-order valence-electron chi connectivity index (χ4n) is 2.11. The first-order chi connectivity index (χ1) is 6.66. The minimum atomic E-state index is -0.142. The summed E-state index contributed by atoms with van der Waals surface area (Å²) in [5, 5.41) is 3.24. The molecule has 3 heteroatoms. The second-order valence-electron chi connectivity index (χ2n) is 4.32. The molecule has 1 aromatic heterocycles. The summed E-state index contributed by atoms with van der Waals surface area (Å²) in [7, 11) is 0. The minimum absolute atomic E-state index is 0.142. The van der Waals surface area contributed by atoms with Gasteiger partial charge in [-0.05, 0) is 32.1 Å². The van der Waals surface area contributed by atoms with Crippen molar-refractivity contribution in [2.24, 2.45) is 11.7 Å². The first kappa shape index (κ1) is 10.1. The zero-order valence-corrected chi connectivity index (χ0v) is 9.73. The monoisotopic (exact) mass is 210 g/mol. The summed E-state index contributed by atoms with van der Waals surface area (Å²) < 4.78 is 0. The third kappa shape index (κ3) is 1.48. The molecule has 78 valence electrons. The molecule has 0 radical (unpaired) electrons. The maximum Gasteiger partial charge on any atom is 0.113 e. The molecule has 0 amide bonds. The van der Waals surface area contributed by atoms with Crippen molar-refractivity contribution in [3.05, 3.63) is 16.1 Å². The molecule has 2 N–H and O–H groups in total. The van der Waals surface area contributed by atoms with Crippen molar-refractivity contribution < 1.29 is 0 Å². The summed E-state index contributed by atoms with van der Waals surface area (Å²) >= 11 is 1.72. The summed E-state index contributed by atoms with van der Waals surface area (Å²) in [4.78, 5) is 4.55.